The normalized spacial score (nSPS) is 38.1. The van der Waals surface area contributed by atoms with Crippen molar-refractivity contribution in [1.82, 2.24) is 10.2 Å². The Hall–Kier alpha value is -0.860. The minimum absolute atomic E-state index is 0.00533. The lowest BCUT2D eigenvalue weighted by molar-refractivity contribution is -0.225. The number of nitrogens with two attached hydrogens (primary N) is 1. The second-order valence-corrected chi connectivity index (χ2v) is 8.35. The number of halogens is 3. The largest absolute Gasteiger partial charge is 0.401 e. The van der Waals surface area contributed by atoms with Gasteiger partial charge in [0.15, 0.2) is 0 Å². The Balaban J connectivity index is 1.53. The molecule has 0 radical (unpaired) electrons. The maximum atomic E-state index is 12.8. The molecule has 2 heterocycles. The Kier molecular flexibility index (Phi) is 4.83. The molecule has 144 valence electrons. The third-order valence-electron chi connectivity index (χ3n) is 6.38. The minimum Gasteiger partial charge on any atom is -0.377 e. The summed E-state index contributed by atoms with van der Waals surface area (Å²) in [6.45, 7) is 4.89. The van der Waals surface area contributed by atoms with Crippen molar-refractivity contribution < 1.29 is 22.7 Å². The lowest BCUT2D eigenvalue weighted by Gasteiger charge is -2.65. The van der Waals surface area contributed by atoms with Gasteiger partial charge in [0, 0.05) is 31.0 Å². The van der Waals surface area contributed by atoms with E-state index in [0.717, 1.165) is 12.8 Å². The van der Waals surface area contributed by atoms with Crippen molar-refractivity contribution in [3.05, 3.63) is 0 Å². The van der Waals surface area contributed by atoms with E-state index in [2.05, 4.69) is 5.32 Å². The van der Waals surface area contributed by atoms with E-state index < -0.39 is 23.7 Å². The van der Waals surface area contributed by atoms with E-state index in [-0.39, 0.29) is 23.8 Å². The summed E-state index contributed by atoms with van der Waals surface area (Å²) < 4.78 is 43.2. The van der Waals surface area contributed by atoms with E-state index in [9.17, 15) is 18.0 Å². The van der Waals surface area contributed by atoms with Crippen molar-refractivity contribution in [1.29, 1.82) is 0 Å². The molecule has 0 aromatic heterocycles. The van der Waals surface area contributed by atoms with Crippen LogP contribution in [0.4, 0.5) is 13.2 Å². The van der Waals surface area contributed by atoms with Crippen LogP contribution >= 0.6 is 0 Å². The Morgan fingerprint density at radius 3 is 2.76 bits per heavy atom. The number of amides is 1. The average Bonchev–Trinajstić information content (AvgIpc) is 2.97. The van der Waals surface area contributed by atoms with Gasteiger partial charge in [-0.25, -0.2) is 0 Å². The molecule has 8 heteroatoms. The number of nitrogens with zero attached hydrogens (tertiary/aromatic N) is 1. The van der Waals surface area contributed by atoms with E-state index in [1.54, 1.807) is 0 Å². The van der Waals surface area contributed by atoms with Gasteiger partial charge in [0.25, 0.3) is 0 Å². The van der Waals surface area contributed by atoms with Gasteiger partial charge < -0.3 is 15.8 Å². The van der Waals surface area contributed by atoms with Gasteiger partial charge in [0.05, 0.1) is 12.6 Å². The van der Waals surface area contributed by atoms with Crippen LogP contribution in [-0.4, -0.2) is 61.4 Å². The topological polar surface area (TPSA) is 67.6 Å². The van der Waals surface area contributed by atoms with Gasteiger partial charge in [-0.1, -0.05) is 13.8 Å². The smallest absolute Gasteiger partial charge is 0.377 e. The number of alkyl halides is 3. The summed E-state index contributed by atoms with van der Waals surface area (Å²) in [7, 11) is 0. The Morgan fingerprint density at radius 1 is 1.36 bits per heavy atom. The van der Waals surface area contributed by atoms with Crippen LogP contribution in [0.5, 0.6) is 0 Å². The van der Waals surface area contributed by atoms with Crippen molar-refractivity contribution in [2.45, 2.75) is 50.9 Å². The molecule has 2 aliphatic heterocycles. The number of carbonyl (C=O) groups excluding carboxylic acids is 1. The van der Waals surface area contributed by atoms with Crippen LogP contribution in [0, 0.1) is 17.3 Å². The van der Waals surface area contributed by atoms with Gasteiger partial charge in [-0.3, -0.25) is 9.69 Å². The van der Waals surface area contributed by atoms with Crippen LogP contribution in [0.15, 0.2) is 0 Å². The molecule has 3 rings (SSSR count). The van der Waals surface area contributed by atoms with Crippen molar-refractivity contribution >= 4 is 5.91 Å². The molecule has 2 saturated heterocycles. The first-order chi connectivity index (χ1) is 11.6. The number of rotatable bonds is 4. The highest BCUT2D eigenvalue weighted by Gasteiger charge is 2.70. The van der Waals surface area contributed by atoms with Crippen molar-refractivity contribution in [2.24, 2.45) is 23.0 Å². The molecule has 3 N–H and O–H groups in total. The fourth-order valence-electron chi connectivity index (χ4n) is 4.90. The Labute approximate surface area is 146 Å². The third kappa shape index (κ3) is 3.28. The quantitative estimate of drug-likeness (QED) is 0.795. The maximum Gasteiger partial charge on any atom is 0.401 e. The van der Waals surface area contributed by atoms with E-state index in [1.807, 2.05) is 13.8 Å². The second-order valence-electron chi connectivity index (χ2n) is 8.35. The van der Waals surface area contributed by atoms with Crippen LogP contribution in [0.1, 0.15) is 33.1 Å². The van der Waals surface area contributed by atoms with E-state index in [4.69, 9.17) is 10.5 Å². The zero-order valence-electron chi connectivity index (χ0n) is 14.9. The van der Waals surface area contributed by atoms with Gasteiger partial charge in [-0.15, -0.1) is 0 Å². The van der Waals surface area contributed by atoms with Gasteiger partial charge in [-0.05, 0) is 31.7 Å². The van der Waals surface area contributed by atoms with Gasteiger partial charge >= 0.3 is 6.18 Å². The Bertz CT molecular complexity index is 526. The summed E-state index contributed by atoms with van der Waals surface area (Å²) in [5.74, 6) is -0.142. The fourth-order valence-corrected chi connectivity index (χ4v) is 4.90. The lowest BCUT2D eigenvalue weighted by atomic mass is 9.46. The molecule has 1 amide bonds. The molecule has 3 aliphatic rings. The molecule has 4 atom stereocenters. The molecular formula is C17H28F3N3O2. The SMILES string of the molecule is CC1(C)C2OCCCC2C1(N)C(=O)NCC1CCN(CC(F)(F)F)C1. The highest BCUT2D eigenvalue weighted by molar-refractivity contribution is 5.89. The molecular weight excluding hydrogens is 335 g/mol. The summed E-state index contributed by atoms with van der Waals surface area (Å²) in [4.78, 5) is 14.2. The van der Waals surface area contributed by atoms with Crippen LogP contribution in [0.3, 0.4) is 0 Å². The van der Waals surface area contributed by atoms with Gasteiger partial charge in [-0.2, -0.15) is 13.2 Å². The minimum atomic E-state index is -4.18. The molecule has 3 fully saturated rings. The van der Waals surface area contributed by atoms with Crippen molar-refractivity contribution in [2.75, 3.05) is 32.8 Å². The molecule has 5 nitrogen and oxygen atoms in total. The molecule has 0 spiro atoms. The molecule has 25 heavy (non-hydrogen) atoms. The molecule has 0 aromatic rings. The number of ether oxygens (including phenoxy) is 1. The summed E-state index contributed by atoms with van der Waals surface area (Å²) in [6, 6.07) is 0. The van der Waals surface area contributed by atoms with E-state index in [0.29, 0.717) is 32.7 Å². The van der Waals surface area contributed by atoms with Crippen LogP contribution < -0.4 is 11.1 Å². The summed E-state index contributed by atoms with van der Waals surface area (Å²) >= 11 is 0. The predicted molar refractivity (Wildman–Crippen MR) is 86.8 cm³/mol. The van der Waals surface area contributed by atoms with Gasteiger partial charge in [0.2, 0.25) is 5.91 Å². The standard InChI is InChI=1S/C17H28F3N3O2/c1-15(2)13-12(4-3-7-25-13)17(15,21)14(24)22-8-11-5-6-23(9-11)10-16(18,19)20/h11-13H,3-10,21H2,1-2H3,(H,22,24). The maximum absolute atomic E-state index is 12.8. The van der Waals surface area contributed by atoms with Crippen molar-refractivity contribution in [3.8, 4) is 0 Å². The molecule has 1 saturated carbocycles. The van der Waals surface area contributed by atoms with Crippen LogP contribution in [-0.2, 0) is 9.53 Å². The molecule has 0 bridgehead atoms. The van der Waals surface area contributed by atoms with Crippen molar-refractivity contribution in [3.63, 3.8) is 0 Å². The molecule has 4 unspecified atom stereocenters. The molecule has 1 aliphatic carbocycles. The number of nitrogens with one attached hydrogen (secondary N) is 1. The predicted octanol–water partition coefficient (Wildman–Crippen LogP) is 1.52. The number of carbonyl (C=O) groups is 1. The summed E-state index contributed by atoms with van der Waals surface area (Å²) in [5, 5.41) is 2.91. The van der Waals surface area contributed by atoms with Crippen LogP contribution in [0.2, 0.25) is 0 Å². The first-order valence-electron chi connectivity index (χ1n) is 9.03. The zero-order valence-corrected chi connectivity index (χ0v) is 14.9. The van der Waals surface area contributed by atoms with Crippen LogP contribution in [0.25, 0.3) is 0 Å². The highest BCUT2D eigenvalue weighted by atomic mass is 19.4. The summed E-state index contributed by atoms with van der Waals surface area (Å²) in [5.41, 5.74) is 5.11. The number of likely N-dealkylation sites (tertiary alicyclic amines) is 1. The Morgan fingerprint density at radius 2 is 2.08 bits per heavy atom. The average molecular weight is 363 g/mol. The zero-order chi connectivity index (χ0) is 18.5. The fraction of sp³-hybridized carbons (Fsp3) is 0.941. The third-order valence-corrected chi connectivity index (χ3v) is 6.38. The highest BCUT2D eigenvalue weighted by Crippen LogP contribution is 2.57. The van der Waals surface area contributed by atoms with E-state index >= 15 is 0 Å². The first kappa shape index (κ1) is 18.9. The number of hydrogen-bond acceptors (Lipinski definition) is 4. The number of hydrogen-bond donors (Lipinski definition) is 2. The number of fused-ring (bicyclic) bond motifs is 1. The lowest BCUT2D eigenvalue weighted by Crippen LogP contribution is -2.82. The molecule has 0 aromatic carbocycles. The first-order valence-corrected chi connectivity index (χ1v) is 9.03. The summed E-state index contributed by atoms with van der Waals surface area (Å²) in [6.07, 6.45) is -1.73. The van der Waals surface area contributed by atoms with Gasteiger partial charge in [0.1, 0.15) is 5.54 Å². The second kappa shape index (κ2) is 6.39. The monoisotopic (exact) mass is 363 g/mol. The van der Waals surface area contributed by atoms with E-state index in [1.165, 1.54) is 4.90 Å².